The zero-order chi connectivity index (χ0) is 23.2. The Balaban J connectivity index is 1.43. The molecule has 6 N–H and O–H groups in total. The molecule has 0 bridgehead atoms. The van der Waals surface area contributed by atoms with E-state index < -0.39 is 11.7 Å². The van der Waals surface area contributed by atoms with E-state index >= 15 is 0 Å². The largest absolute Gasteiger partial charge is 0.492 e. The van der Waals surface area contributed by atoms with Crippen LogP contribution in [0, 0.1) is 5.82 Å². The molecule has 1 saturated carbocycles. The van der Waals surface area contributed by atoms with Crippen molar-refractivity contribution in [2.75, 3.05) is 36.9 Å². The molecule has 2 atom stereocenters. The van der Waals surface area contributed by atoms with E-state index in [4.69, 9.17) is 16.2 Å². The number of halogens is 1. The molecule has 1 amide bonds. The fraction of sp³-hybridized carbons (Fsp3) is 0.500. The molecule has 1 saturated heterocycles. The molecule has 0 radical (unpaired) electrons. The number of likely N-dealkylation sites (tertiary alicyclic amines) is 1. The van der Waals surface area contributed by atoms with Crippen molar-refractivity contribution in [3.05, 3.63) is 41.7 Å². The van der Waals surface area contributed by atoms with Crippen LogP contribution in [0.4, 0.5) is 21.7 Å². The molecular weight excluding hydrogens is 423 g/mol. The Morgan fingerprint density at radius 1 is 1.12 bits per heavy atom. The van der Waals surface area contributed by atoms with Crippen molar-refractivity contribution >= 4 is 23.2 Å². The molecule has 2 aromatic rings. The first-order valence-electron chi connectivity index (χ1n) is 11.7. The van der Waals surface area contributed by atoms with Crippen LogP contribution < -0.4 is 26.8 Å². The number of carbonyl (C=O) groups excluding carboxylic acids is 1. The minimum Gasteiger partial charge on any atom is -0.492 e. The molecule has 2 unspecified atom stereocenters. The molecule has 2 aliphatic rings. The number of benzene rings is 1. The third kappa shape index (κ3) is 6.11. The highest BCUT2D eigenvalue weighted by molar-refractivity contribution is 5.98. The third-order valence-electron chi connectivity index (χ3n) is 6.37. The van der Waals surface area contributed by atoms with Crippen molar-refractivity contribution in [3.63, 3.8) is 0 Å². The Morgan fingerprint density at radius 2 is 1.85 bits per heavy atom. The van der Waals surface area contributed by atoms with Gasteiger partial charge in [-0.05, 0) is 69.1 Å². The van der Waals surface area contributed by atoms with Gasteiger partial charge < -0.3 is 26.8 Å². The number of carbonyl (C=O) groups is 1. The summed E-state index contributed by atoms with van der Waals surface area (Å²) in [5.74, 6) is -0.374. The van der Waals surface area contributed by atoms with Crippen LogP contribution in [0.15, 0.2) is 30.3 Å². The highest BCUT2D eigenvalue weighted by Gasteiger charge is 2.24. The monoisotopic (exact) mass is 456 g/mol. The van der Waals surface area contributed by atoms with Gasteiger partial charge in [-0.15, -0.1) is 0 Å². The maximum Gasteiger partial charge on any atom is 0.252 e. The minimum atomic E-state index is -0.758. The number of anilines is 3. The second kappa shape index (κ2) is 10.8. The Kier molecular flexibility index (Phi) is 7.61. The molecule has 33 heavy (non-hydrogen) atoms. The topological polar surface area (TPSA) is 119 Å². The average Bonchev–Trinajstić information content (AvgIpc) is 3.32. The van der Waals surface area contributed by atoms with Gasteiger partial charge >= 0.3 is 0 Å². The number of nitrogens with one attached hydrogen (secondary N) is 2. The van der Waals surface area contributed by atoms with Gasteiger partial charge in [-0.3, -0.25) is 9.69 Å². The number of rotatable bonds is 9. The first kappa shape index (κ1) is 23.3. The van der Waals surface area contributed by atoms with Crippen LogP contribution in [0.25, 0.3) is 0 Å². The number of hydrogen-bond donors (Lipinski definition) is 4. The van der Waals surface area contributed by atoms with Crippen LogP contribution in [0.5, 0.6) is 5.75 Å². The van der Waals surface area contributed by atoms with Gasteiger partial charge in [0, 0.05) is 24.3 Å². The van der Waals surface area contributed by atoms with Crippen molar-refractivity contribution < 1.29 is 13.9 Å². The molecule has 1 aromatic heterocycles. The molecule has 2 heterocycles. The molecule has 1 aliphatic carbocycles. The van der Waals surface area contributed by atoms with Crippen LogP contribution in [0.1, 0.15) is 48.9 Å². The molecule has 4 rings (SSSR count). The van der Waals surface area contributed by atoms with Crippen molar-refractivity contribution in [1.82, 2.24) is 9.88 Å². The van der Waals surface area contributed by atoms with Gasteiger partial charge in [0.2, 0.25) is 0 Å². The summed E-state index contributed by atoms with van der Waals surface area (Å²) in [6.07, 6.45) is 6.36. The molecule has 8 nitrogen and oxygen atoms in total. The Morgan fingerprint density at radius 3 is 2.55 bits per heavy atom. The summed E-state index contributed by atoms with van der Waals surface area (Å²) in [4.78, 5) is 18.6. The maximum absolute atomic E-state index is 14.7. The summed E-state index contributed by atoms with van der Waals surface area (Å²) in [5.41, 5.74) is 12.3. The number of hydrogen-bond acceptors (Lipinski definition) is 7. The molecule has 1 aliphatic heterocycles. The second-order valence-electron chi connectivity index (χ2n) is 8.82. The SMILES string of the molecule is NC(=O)c1cc(F)c(NC2CCCCC2N)nc1Nc1ccc(OCCN2CCCC2)cc1. The van der Waals surface area contributed by atoms with Crippen LogP contribution in [-0.2, 0) is 0 Å². The summed E-state index contributed by atoms with van der Waals surface area (Å²) in [5, 5.41) is 6.20. The van der Waals surface area contributed by atoms with Gasteiger partial charge in [0.1, 0.15) is 18.2 Å². The van der Waals surface area contributed by atoms with E-state index in [0.29, 0.717) is 12.3 Å². The molecule has 9 heteroatoms. The van der Waals surface area contributed by atoms with Crippen molar-refractivity contribution in [2.45, 2.75) is 50.6 Å². The standard InChI is InChI=1S/C24H33FN6O2/c25-19-15-18(22(27)32)23(30-24(19)29-21-6-2-1-5-20(21)26)28-16-7-9-17(10-8-16)33-14-13-31-11-3-4-12-31/h7-10,15,20-21H,1-6,11-14,26H2,(H2,27,32)(H2,28,29,30). The van der Waals surface area contributed by atoms with E-state index in [-0.39, 0.29) is 29.3 Å². The number of nitrogens with two attached hydrogens (primary N) is 2. The zero-order valence-electron chi connectivity index (χ0n) is 18.9. The number of pyridine rings is 1. The van der Waals surface area contributed by atoms with Gasteiger partial charge in [-0.1, -0.05) is 12.8 Å². The van der Waals surface area contributed by atoms with Gasteiger partial charge in [-0.2, -0.15) is 0 Å². The number of aromatic nitrogens is 1. The summed E-state index contributed by atoms with van der Waals surface area (Å²) in [7, 11) is 0. The van der Waals surface area contributed by atoms with Gasteiger partial charge in [-0.25, -0.2) is 9.37 Å². The summed E-state index contributed by atoms with van der Waals surface area (Å²) in [6, 6.07) is 8.33. The summed E-state index contributed by atoms with van der Waals surface area (Å²) in [6.45, 7) is 3.84. The van der Waals surface area contributed by atoms with Crippen LogP contribution in [-0.4, -0.2) is 54.1 Å². The van der Waals surface area contributed by atoms with E-state index in [2.05, 4.69) is 20.5 Å². The van der Waals surface area contributed by atoms with Crippen molar-refractivity contribution in [2.24, 2.45) is 11.5 Å². The normalized spacial score (nSPS) is 21.0. The molecule has 178 valence electrons. The highest BCUT2D eigenvalue weighted by Crippen LogP contribution is 2.27. The first-order chi connectivity index (χ1) is 16.0. The van der Waals surface area contributed by atoms with E-state index in [1.807, 2.05) is 24.3 Å². The average molecular weight is 457 g/mol. The minimum absolute atomic E-state index is 0.0167. The van der Waals surface area contributed by atoms with Gasteiger partial charge in [0.15, 0.2) is 11.6 Å². The predicted octanol–water partition coefficient (Wildman–Crippen LogP) is 3.22. The van der Waals surface area contributed by atoms with Crippen LogP contribution >= 0.6 is 0 Å². The number of ether oxygens (including phenoxy) is 1. The fourth-order valence-electron chi connectivity index (χ4n) is 4.46. The van der Waals surface area contributed by atoms with E-state index in [1.54, 1.807) is 0 Å². The zero-order valence-corrected chi connectivity index (χ0v) is 18.9. The van der Waals surface area contributed by atoms with Crippen molar-refractivity contribution in [3.8, 4) is 5.75 Å². The summed E-state index contributed by atoms with van der Waals surface area (Å²) >= 11 is 0. The van der Waals surface area contributed by atoms with E-state index in [1.165, 1.54) is 12.8 Å². The summed E-state index contributed by atoms with van der Waals surface area (Å²) < 4.78 is 20.5. The smallest absolute Gasteiger partial charge is 0.252 e. The van der Waals surface area contributed by atoms with Gasteiger partial charge in [0.05, 0.1) is 5.56 Å². The Bertz CT molecular complexity index is 949. The predicted molar refractivity (Wildman–Crippen MR) is 127 cm³/mol. The lowest BCUT2D eigenvalue weighted by molar-refractivity contribution is 0.100. The third-order valence-corrected chi connectivity index (χ3v) is 6.37. The molecule has 2 fully saturated rings. The van der Waals surface area contributed by atoms with Crippen LogP contribution in [0.3, 0.4) is 0 Å². The lowest BCUT2D eigenvalue weighted by Crippen LogP contribution is -2.43. The molecular formula is C24H33FN6O2. The second-order valence-corrected chi connectivity index (χ2v) is 8.82. The van der Waals surface area contributed by atoms with E-state index in [0.717, 1.165) is 57.1 Å². The van der Waals surface area contributed by atoms with E-state index in [9.17, 15) is 9.18 Å². The quantitative estimate of drug-likeness (QED) is 0.457. The van der Waals surface area contributed by atoms with Crippen LogP contribution in [0.2, 0.25) is 0 Å². The lowest BCUT2D eigenvalue weighted by atomic mass is 9.91. The Labute approximate surface area is 193 Å². The van der Waals surface area contributed by atoms with Crippen molar-refractivity contribution in [1.29, 1.82) is 0 Å². The maximum atomic E-state index is 14.7. The van der Waals surface area contributed by atoms with Gasteiger partial charge in [0.25, 0.3) is 5.91 Å². The fourth-order valence-corrected chi connectivity index (χ4v) is 4.46. The molecule has 0 spiro atoms. The number of primary amides is 1. The molecule has 1 aromatic carbocycles. The number of nitrogens with zero attached hydrogens (tertiary/aromatic N) is 2. The number of amides is 1. The highest BCUT2D eigenvalue weighted by atomic mass is 19.1. The Hall–Kier alpha value is -2.91. The first-order valence-corrected chi connectivity index (χ1v) is 11.7. The lowest BCUT2D eigenvalue weighted by Gasteiger charge is -2.30.